The third-order valence-electron chi connectivity index (χ3n) is 3.27. The van der Waals surface area contributed by atoms with Crippen molar-refractivity contribution in [3.8, 4) is 0 Å². The Bertz CT molecular complexity index is 587. The number of carbonyl (C=O) groups excluding carboxylic acids is 2. The highest BCUT2D eigenvalue weighted by Gasteiger charge is 2.18. The molecule has 0 radical (unpaired) electrons. The van der Waals surface area contributed by atoms with Gasteiger partial charge in [-0.25, -0.2) is 4.79 Å². The summed E-state index contributed by atoms with van der Waals surface area (Å²) in [5.74, 6) is -1.67. The van der Waals surface area contributed by atoms with E-state index in [4.69, 9.17) is 16.7 Å². The first-order valence-corrected chi connectivity index (χ1v) is 7.98. The molecule has 0 heterocycles. The maximum absolute atomic E-state index is 11.8. The molecule has 1 atom stereocenters. The van der Waals surface area contributed by atoms with E-state index in [0.29, 0.717) is 36.4 Å². The number of amides is 2. The van der Waals surface area contributed by atoms with Crippen molar-refractivity contribution in [1.29, 1.82) is 0 Å². The van der Waals surface area contributed by atoms with Crippen molar-refractivity contribution in [3.05, 3.63) is 47.5 Å². The second-order valence-corrected chi connectivity index (χ2v) is 5.63. The molecule has 2 amide bonds. The molecular weight excluding hydrogens is 332 g/mol. The molecule has 24 heavy (non-hydrogen) atoms. The number of carboxylic acid groups (broad SMARTS) is 1. The molecule has 0 bridgehead atoms. The minimum absolute atomic E-state index is 0.138. The predicted octanol–water partition coefficient (Wildman–Crippen LogP) is 2.39. The van der Waals surface area contributed by atoms with Crippen LogP contribution < -0.4 is 10.6 Å². The van der Waals surface area contributed by atoms with E-state index in [-0.39, 0.29) is 18.2 Å². The molecule has 0 aliphatic rings. The molecule has 1 aromatic carbocycles. The molecule has 0 saturated carbocycles. The van der Waals surface area contributed by atoms with Crippen molar-refractivity contribution >= 4 is 29.4 Å². The average molecular weight is 353 g/mol. The first kappa shape index (κ1) is 19.7. The molecule has 0 spiro atoms. The summed E-state index contributed by atoms with van der Waals surface area (Å²) in [6, 6.07) is 5.56. The number of nitrogens with one attached hydrogen (secondary N) is 2. The Morgan fingerprint density at radius 2 is 1.92 bits per heavy atom. The van der Waals surface area contributed by atoms with Crippen molar-refractivity contribution in [3.63, 3.8) is 0 Å². The molecule has 0 aliphatic carbocycles. The zero-order valence-electron chi connectivity index (χ0n) is 13.3. The van der Waals surface area contributed by atoms with Gasteiger partial charge in [0.15, 0.2) is 0 Å². The third-order valence-corrected chi connectivity index (χ3v) is 3.52. The molecule has 0 fully saturated rings. The Morgan fingerprint density at radius 3 is 2.50 bits per heavy atom. The number of benzene rings is 1. The molecule has 0 aromatic heterocycles. The van der Waals surface area contributed by atoms with Crippen molar-refractivity contribution < 1.29 is 19.5 Å². The maximum atomic E-state index is 11.8. The van der Waals surface area contributed by atoms with Crippen LogP contribution in [0.2, 0.25) is 5.02 Å². The van der Waals surface area contributed by atoms with Crippen LogP contribution in [0.3, 0.4) is 0 Å². The normalized spacial score (nSPS) is 11.4. The van der Waals surface area contributed by atoms with Crippen LogP contribution in [-0.4, -0.2) is 35.5 Å². The molecule has 1 aromatic rings. The van der Waals surface area contributed by atoms with Gasteiger partial charge in [-0.1, -0.05) is 17.7 Å². The van der Waals surface area contributed by atoms with E-state index in [9.17, 15) is 14.4 Å². The largest absolute Gasteiger partial charge is 0.480 e. The standard InChI is InChI=1S/C17H21ClN2O4/c1-2-3-5-14(17(23)24)20-15(21)6-4-11-19-16(22)12-7-9-13(18)10-8-12/h2,7-10,14H,1,3-6,11H2,(H,19,22)(H,20,21)(H,23,24). The molecule has 1 unspecified atom stereocenters. The number of halogens is 1. The van der Waals surface area contributed by atoms with Crippen LogP contribution in [0.4, 0.5) is 0 Å². The van der Waals surface area contributed by atoms with Crippen LogP contribution in [0.25, 0.3) is 0 Å². The van der Waals surface area contributed by atoms with Crippen LogP contribution in [0.15, 0.2) is 36.9 Å². The van der Waals surface area contributed by atoms with Crippen molar-refractivity contribution in [2.45, 2.75) is 31.7 Å². The van der Waals surface area contributed by atoms with Gasteiger partial charge in [-0.3, -0.25) is 9.59 Å². The summed E-state index contributed by atoms with van der Waals surface area (Å²) >= 11 is 5.75. The molecule has 0 saturated heterocycles. The molecular formula is C17H21ClN2O4. The Hall–Kier alpha value is -2.34. The minimum Gasteiger partial charge on any atom is -0.480 e. The van der Waals surface area contributed by atoms with Gasteiger partial charge < -0.3 is 15.7 Å². The van der Waals surface area contributed by atoms with Gasteiger partial charge in [0.2, 0.25) is 5.91 Å². The number of hydrogen-bond acceptors (Lipinski definition) is 3. The molecule has 130 valence electrons. The number of carbonyl (C=O) groups is 3. The van der Waals surface area contributed by atoms with Crippen LogP contribution >= 0.6 is 11.6 Å². The molecule has 7 heteroatoms. The first-order chi connectivity index (χ1) is 11.4. The second kappa shape index (κ2) is 10.4. The van der Waals surface area contributed by atoms with Gasteiger partial charge in [-0.15, -0.1) is 6.58 Å². The van der Waals surface area contributed by atoms with Crippen LogP contribution in [0.5, 0.6) is 0 Å². The van der Waals surface area contributed by atoms with Gasteiger partial charge in [-0.05, 0) is 43.5 Å². The summed E-state index contributed by atoms with van der Waals surface area (Å²) in [6.07, 6.45) is 2.97. The number of rotatable bonds is 10. The summed E-state index contributed by atoms with van der Waals surface area (Å²) in [6.45, 7) is 3.84. The number of hydrogen-bond donors (Lipinski definition) is 3. The lowest BCUT2D eigenvalue weighted by Gasteiger charge is -2.13. The van der Waals surface area contributed by atoms with Crippen LogP contribution in [-0.2, 0) is 9.59 Å². The Morgan fingerprint density at radius 1 is 1.25 bits per heavy atom. The van der Waals surface area contributed by atoms with Gasteiger partial charge >= 0.3 is 5.97 Å². The van der Waals surface area contributed by atoms with Gasteiger partial charge in [-0.2, -0.15) is 0 Å². The lowest BCUT2D eigenvalue weighted by atomic mass is 10.1. The molecule has 3 N–H and O–H groups in total. The highest BCUT2D eigenvalue weighted by atomic mass is 35.5. The number of allylic oxidation sites excluding steroid dienone is 1. The SMILES string of the molecule is C=CCCC(NC(=O)CCCNC(=O)c1ccc(Cl)cc1)C(=O)O. The fraction of sp³-hybridized carbons (Fsp3) is 0.353. The van der Waals surface area contributed by atoms with Gasteiger partial charge in [0.05, 0.1) is 0 Å². The van der Waals surface area contributed by atoms with Crippen LogP contribution in [0, 0.1) is 0 Å². The molecule has 0 aliphatic heterocycles. The zero-order chi connectivity index (χ0) is 17.9. The van der Waals surface area contributed by atoms with Gasteiger partial charge in [0.25, 0.3) is 5.91 Å². The predicted molar refractivity (Wildman–Crippen MR) is 92.0 cm³/mol. The summed E-state index contributed by atoms with van der Waals surface area (Å²) < 4.78 is 0. The fourth-order valence-electron chi connectivity index (χ4n) is 1.96. The molecule has 6 nitrogen and oxygen atoms in total. The number of carboxylic acids is 1. The van der Waals surface area contributed by atoms with Gasteiger partial charge in [0, 0.05) is 23.6 Å². The van der Waals surface area contributed by atoms with Crippen LogP contribution in [0.1, 0.15) is 36.0 Å². The highest BCUT2D eigenvalue weighted by Crippen LogP contribution is 2.09. The number of aliphatic carboxylic acids is 1. The summed E-state index contributed by atoms with van der Waals surface area (Å²) in [5.41, 5.74) is 0.485. The smallest absolute Gasteiger partial charge is 0.326 e. The zero-order valence-corrected chi connectivity index (χ0v) is 14.0. The topological polar surface area (TPSA) is 95.5 Å². The van der Waals surface area contributed by atoms with E-state index >= 15 is 0 Å². The van der Waals surface area contributed by atoms with E-state index in [2.05, 4.69) is 17.2 Å². The van der Waals surface area contributed by atoms with E-state index in [1.165, 1.54) is 0 Å². The average Bonchev–Trinajstić information content (AvgIpc) is 2.55. The Labute approximate surface area is 145 Å². The quantitative estimate of drug-likeness (QED) is 0.445. The fourth-order valence-corrected chi connectivity index (χ4v) is 2.09. The lowest BCUT2D eigenvalue weighted by Crippen LogP contribution is -2.40. The third kappa shape index (κ3) is 7.28. The molecule has 1 rings (SSSR count). The van der Waals surface area contributed by atoms with Gasteiger partial charge in [0.1, 0.15) is 6.04 Å². The van der Waals surface area contributed by atoms with E-state index in [1.807, 2.05) is 0 Å². The highest BCUT2D eigenvalue weighted by molar-refractivity contribution is 6.30. The van der Waals surface area contributed by atoms with Crippen molar-refractivity contribution in [2.24, 2.45) is 0 Å². The van der Waals surface area contributed by atoms with Crippen molar-refractivity contribution in [2.75, 3.05) is 6.54 Å². The Balaban J connectivity index is 2.29. The summed E-state index contributed by atoms with van der Waals surface area (Å²) in [7, 11) is 0. The van der Waals surface area contributed by atoms with E-state index < -0.39 is 12.0 Å². The maximum Gasteiger partial charge on any atom is 0.326 e. The summed E-state index contributed by atoms with van der Waals surface area (Å²) in [5, 5.41) is 14.7. The van der Waals surface area contributed by atoms with E-state index in [1.54, 1.807) is 30.3 Å². The minimum atomic E-state index is -1.07. The second-order valence-electron chi connectivity index (χ2n) is 5.19. The Kier molecular flexibility index (Phi) is 8.57. The summed E-state index contributed by atoms with van der Waals surface area (Å²) in [4.78, 5) is 34.6. The lowest BCUT2D eigenvalue weighted by molar-refractivity contribution is -0.142. The van der Waals surface area contributed by atoms with E-state index in [0.717, 1.165) is 0 Å². The monoisotopic (exact) mass is 352 g/mol. The first-order valence-electron chi connectivity index (χ1n) is 7.61. The van der Waals surface area contributed by atoms with Crippen molar-refractivity contribution in [1.82, 2.24) is 10.6 Å².